The number of likely N-dealkylation sites (N-methyl/N-ethyl adjacent to an activating group) is 1. The van der Waals surface area contributed by atoms with Crippen LogP contribution in [-0.2, 0) is 0 Å². The molecule has 0 amide bonds. The molecule has 0 spiro atoms. The van der Waals surface area contributed by atoms with E-state index >= 15 is 0 Å². The lowest BCUT2D eigenvalue weighted by molar-refractivity contribution is 0.0892. The summed E-state index contributed by atoms with van der Waals surface area (Å²) >= 11 is 0. The summed E-state index contributed by atoms with van der Waals surface area (Å²) in [5.74, 6) is 0.985. The standard InChI is InChI=1S/C9H20N2/c1-4-9-6-11(7-9)5-8(2)10-3/h8-10H,4-7H2,1-3H3. The summed E-state index contributed by atoms with van der Waals surface area (Å²) < 4.78 is 0. The molecule has 0 radical (unpaired) electrons. The highest BCUT2D eigenvalue weighted by Crippen LogP contribution is 2.17. The second-order valence-electron chi connectivity index (χ2n) is 3.68. The van der Waals surface area contributed by atoms with E-state index in [0.29, 0.717) is 6.04 Å². The van der Waals surface area contributed by atoms with Crippen molar-refractivity contribution >= 4 is 0 Å². The molecular formula is C9H20N2. The predicted octanol–water partition coefficient (Wildman–Crippen LogP) is 0.936. The highest BCUT2D eigenvalue weighted by Gasteiger charge is 2.25. The number of hydrogen-bond donors (Lipinski definition) is 1. The normalized spacial score (nSPS) is 23.2. The van der Waals surface area contributed by atoms with Crippen LogP contribution >= 0.6 is 0 Å². The summed E-state index contributed by atoms with van der Waals surface area (Å²) in [7, 11) is 2.03. The van der Waals surface area contributed by atoms with Gasteiger partial charge in [-0.3, -0.25) is 0 Å². The van der Waals surface area contributed by atoms with E-state index in [1.165, 1.54) is 26.1 Å². The molecule has 1 atom stereocenters. The van der Waals surface area contributed by atoms with E-state index in [0.717, 1.165) is 5.92 Å². The van der Waals surface area contributed by atoms with Gasteiger partial charge < -0.3 is 10.2 Å². The zero-order chi connectivity index (χ0) is 8.27. The van der Waals surface area contributed by atoms with Gasteiger partial charge in [0.05, 0.1) is 0 Å². The van der Waals surface area contributed by atoms with Gasteiger partial charge in [-0.2, -0.15) is 0 Å². The minimum absolute atomic E-state index is 0.646. The van der Waals surface area contributed by atoms with Crippen LogP contribution in [0, 0.1) is 5.92 Å². The van der Waals surface area contributed by atoms with Crippen molar-refractivity contribution in [3.63, 3.8) is 0 Å². The van der Waals surface area contributed by atoms with Crippen molar-refractivity contribution < 1.29 is 0 Å². The highest BCUT2D eigenvalue weighted by molar-refractivity contribution is 4.80. The van der Waals surface area contributed by atoms with Crippen molar-refractivity contribution in [3.05, 3.63) is 0 Å². The van der Waals surface area contributed by atoms with Crippen molar-refractivity contribution in [3.8, 4) is 0 Å². The molecule has 1 saturated heterocycles. The van der Waals surface area contributed by atoms with Gasteiger partial charge in [0, 0.05) is 25.7 Å². The Hall–Kier alpha value is -0.0800. The van der Waals surface area contributed by atoms with Gasteiger partial charge in [-0.15, -0.1) is 0 Å². The molecule has 0 aromatic carbocycles. The Morgan fingerprint density at radius 1 is 1.55 bits per heavy atom. The number of nitrogens with one attached hydrogen (secondary N) is 1. The van der Waals surface area contributed by atoms with Crippen LogP contribution in [0.5, 0.6) is 0 Å². The Labute approximate surface area is 70.0 Å². The molecule has 0 saturated carbocycles. The molecule has 1 fully saturated rings. The molecule has 1 heterocycles. The summed E-state index contributed by atoms with van der Waals surface area (Å²) in [4.78, 5) is 2.52. The third kappa shape index (κ3) is 2.46. The predicted molar refractivity (Wildman–Crippen MR) is 48.7 cm³/mol. The lowest BCUT2D eigenvalue weighted by Gasteiger charge is -2.40. The fraction of sp³-hybridized carbons (Fsp3) is 1.00. The Bertz CT molecular complexity index is 108. The minimum Gasteiger partial charge on any atom is -0.316 e. The van der Waals surface area contributed by atoms with Gasteiger partial charge in [-0.25, -0.2) is 0 Å². The molecular weight excluding hydrogens is 136 g/mol. The smallest absolute Gasteiger partial charge is 0.0163 e. The quantitative estimate of drug-likeness (QED) is 0.651. The van der Waals surface area contributed by atoms with E-state index in [1.54, 1.807) is 0 Å². The first-order valence-electron chi connectivity index (χ1n) is 4.65. The zero-order valence-corrected chi connectivity index (χ0v) is 7.93. The Kier molecular flexibility index (Phi) is 3.34. The number of rotatable bonds is 4. The van der Waals surface area contributed by atoms with Gasteiger partial charge in [0.25, 0.3) is 0 Å². The van der Waals surface area contributed by atoms with Crippen molar-refractivity contribution in [2.75, 3.05) is 26.7 Å². The monoisotopic (exact) mass is 156 g/mol. The molecule has 1 aliphatic heterocycles. The first-order valence-corrected chi connectivity index (χ1v) is 4.65. The summed E-state index contributed by atoms with van der Waals surface area (Å²) in [6, 6.07) is 0.646. The fourth-order valence-electron chi connectivity index (χ4n) is 1.56. The van der Waals surface area contributed by atoms with Gasteiger partial charge in [-0.05, 0) is 19.9 Å². The van der Waals surface area contributed by atoms with Crippen LogP contribution in [0.4, 0.5) is 0 Å². The molecule has 0 aromatic rings. The maximum atomic E-state index is 3.26. The van der Waals surface area contributed by atoms with Crippen LogP contribution in [0.15, 0.2) is 0 Å². The van der Waals surface area contributed by atoms with Gasteiger partial charge in [0.2, 0.25) is 0 Å². The minimum atomic E-state index is 0.646. The molecule has 0 bridgehead atoms. The first kappa shape index (κ1) is 9.01. The molecule has 2 nitrogen and oxygen atoms in total. The highest BCUT2D eigenvalue weighted by atomic mass is 15.2. The lowest BCUT2D eigenvalue weighted by atomic mass is 9.97. The van der Waals surface area contributed by atoms with Crippen LogP contribution in [0.3, 0.4) is 0 Å². The number of likely N-dealkylation sites (tertiary alicyclic amines) is 1. The molecule has 1 aliphatic rings. The van der Waals surface area contributed by atoms with Crippen LogP contribution in [0.1, 0.15) is 20.3 Å². The average molecular weight is 156 g/mol. The van der Waals surface area contributed by atoms with Crippen molar-refractivity contribution in [2.45, 2.75) is 26.3 Å². The van der Waals surface area contributed by atoms with E-state index in [2.05, 4.69) is 24.1 Å². The van der Waals surface area contributed by atoms with Gasteiger partial charge in [-0.1, -0.05) is 13.3 Å². The number of nitrogens with zero attached hydrogens (tertiary/aromatic N) is 1. The first-order chi connectivity index (χ1) is 5.26. The van der Waals surface area contributed by atoms with Gasteiger partial charge in [0.1, 0.15) is 0 Å². The third-order valence-electron chi connectivity index (χ3n) is 2.64. The van der Waals surface area contributed by atoms with Crippen LogP contribution in [0.2, 0.25) is 0 Å². The molecule has 2 heteroatoms. The second-order valence-corrected chi connectivity index (χ2v) is 3.68. The largest absolute Gasteiger partial charge is 0.316 e. The van der Waals surface area contributed by atoms with Crippen molar-refractivity contribution in [1.29, 1.82) is 0 Å². The molecule has 1 N–H and O–H groups in total. The van der Waals surface area contributed by atoms with E-state index in [9.17, 15) is 0 Å². The molecule has 11 heavy (non-hydrogen) atoms. The second kappa shape index (κ2) is 4.07. The number of hydrogen-bond acceptors (Lipinski definition) is 2. The Balaban J connectivity index is 2.04. The van der Waals surface area contributed by atoms with Crippen molar-refractivity contribution in [1.82, 2.24) is 10.2 Å². The summed E-state index contributed by atoms with van der Waals surface area (Å²) in [5.41, 5.74) is 0. The molecule has 0 aliphatic carbocycles. The zero-order valence-electron chi connectivity index (χ0n) is 7.93. The molecule has 0 aromatic heterocycles. The van der Waals surface area contributed by atoms with E-state index in [-0.39, 0.29) is 0 Å². The van der Waals surface area contributed by atoms with Crippen LogP contribution in [-0.4, -0.2) is 37.6 Å². The van der Waals surface area contributed by atoms with E-state index in [4.69, 9.17) is 0 Å². The third-order valence-corrected chi connectivity index (χ3v) is 2.64. The Morgan fingerprint density at radius 2 is 2.18 bits per heavy atom. The SMILES string of the molecule is CCC1CN(CC(C)NC)C1. The molecule has 1 unspecified atom stereocenters. The fourth-order valence-corrected chi connectivity index (χ4v) is 1.56. The van der Waals surface area contributed by atoms with E-state index < -0.39 is 0 Å². The van der Waals surface area contributed by atoms with Gasteiger partial charge >= 0.3 is 0 Å². The van der Waals surface area contributed by atoms with Crippen molar-refractivity contribution in [2.24, 2.45) is 5.92 Å². The topological polar surface area (TPSA) is 15.3 Å². The summed E-state index contributed by atoms with van der Waals surface area (Å²) in [5, 5.41) is 3.26. The maximum Gasteiger partial charge on any atom is 0.0163 e. The molecule has 66 valence electrons. The van der Waals surface area contributed by atoms with Gasteiger partial charge in [0.15, 0.2) is 0 Å². The van der Waals surface area contributed by atoms with E-state index in [1.807, 2.05) is 7.05 Å². The van der Waals surface area contributed by atoms with Crippen LogP contribution in [0.25, 0.3) is 0 Å². The average Bonchev–Trinajstić information content (AvgIpc) is 1.95. The lowest BCUT2D eigenvalue weighted by Crippen LogP contribution is -2.50. The Morgan fingerprint density at radius 3 is 2.64 bits per heavy atom. The summed E-state index contributed by atoms with van der Waals surface area (Å²) in [6.45, 7) is 8.38. The molecule has 1 rings (SSSR count). The van der Waals surface area contributed by atoms with Crippen LogP contribution < -0.4 is 5.32 Å². The maximum absolute atomic E-state index is 3.26. The summed E-state index contributed by atoms with van der Waals surface area (Å²) in [6.07, 6.45) is 1.35.